The molecule has 1 atom stereocenters. The van der Waals surface area contributed by atoms with Gasteiger partial charge in [0.1, 0.15) is 5.82 Å². The molecule has 0 aliphatic carbocycles. The Morgan fingerprint density at radius 3 is 2.56 bits per heavy atom. The molecule has 7 heteroatoms. The third-order valence-corrected chi connectivity index (χ3v) is 5.10. The molecule has 0 spiro atoms. The van der Waals surface area contributed by atoms with Crippen LogP contribution in [0.2, 0.25) is 0 Å². The standard InChI is InChI=1S/C18H24N6O/c1-13(18-19-14(2)21-25-18)24-10-8-23(9-11-24)12-17-20-15-6-4-5-7-16(15)22(17)3/h4-7,13H,8-12H2,1-3H3/t13-/m0/s1. The van der Waals surface area contributed by atoms with Gasteiger partial charge in [-0.25, -0.2) is 4.98 Å². The van der Waals surface area contributed by atoms with E-state index in [1.807, 2.05) is 13.0 Å². The first-order chi connectivity index (χ1) is 12.1. The van der Waals surface area contributed by atoms with Crippen LogP contribution in [0.4, 0.5) is 0 Å². The van der Waals surface area contributed by atoms with Gasteiger partial charge in [0.2, 0.25) is 5.89 Å². The fourth-order valence-corrected chi connectivity index (χ4v) is 3.48. The lowest BCUT2D eigenvalue weighted by atomic mass is 10.2. The van der Waals surface area contributed by atoms with Crippen LogP contribution in [0.15, 0.2) is 28.8 Å². The first-order valence-corrected chi connectivity index (χ1v) is 8.79. The summed E-state index contributed by atoms with van der Waals surface area (Å²) < 4.78 is 7.52. The average molecular weight is 340 g/mol. The summed E-state index contributed by atoms with van der Waals surface area (Å²) in [5.41, 5.74) is 2.26. The molecule has 1 aliphatic rings. The maximum absolute atomic E-state index is 5.32. The Morgan fingerprint density at radius 1 is 1.12 bits per heavy atom. The van der Waals surface area contributed by atoms with Gasteiger partial charge in [-0.1, -0.05) is 17.3 Å². The predicted molar refractivity (Wildman–Crippen MR) is 95.0 cm³/mol. The largest absolute Gasteiger partial charge is 0.338 e. The summed E-state index contributed by atoms with van der Waals surface area (Å²) in [4.78, 5) is 14.0. The maximum Gasteiger partial charge on any atom is 0.243 e. The van der Waals surface area contributed by atoms with E-state index in [-0.39, 0.29) is 6.04 Å². The third-order valence-electron chi connectivity index (χ3n) is 5.10. The second kappa shape index (κ2) is 6.57. The first kappa shape index (κ1) is 16.2. The van der Waals surface area contributed by atoms with E-state index in [0.717, 1.165) is 44.1 Å². The second-order valence-corrected chi connectivity index (χ2v) is 6.74. The van der Waals surface area contributed by atoms with E-state index in [1.54, 1.807) is 0 Å². The van der Waals surface area contributed by atoms with Gasteiger partial charge in [0, 0.05) is 33.2 Å². The lowest BCUT2D eigenvalue weighted by Crippen LogP contribution is -2.46. The van der Waals surface area contributed by atoms with E-state index < -0.39 is 0 Å². The SMILES string of the molecule is Cc1noc([C@H](C)N2CCN(Cc3nc4ccccc4n3C)CC2)n1. The number of hydrogen-bond acceptors (Lipinski definition) is 6. The normalized spacial score (nSPS) is 18.0. The Hall–Kier alpha value is -2.25. The molecule has 1 aliphatic heterocycles. The number of aromatic nitrogens is 4. The van der Waals surface area contributed by atoms with Gasteiger partial charge in [-0.2, -0.15) is 4.98 Å². The molecule has 0 saturated carbocycles. The topological polar surface area (TPSA) is 63.2 Å². The summed E-state index contributed by atoms with van der Waals surface area (Å²) in [6.45, 7) is 8.88. The molecule has 2 aromatic heterocycles. The molecule has 3 aromatic rings. The highest BCUT2D eigenvalue weighted by atomic mass is 16.5. The van der Waals surface area contributed by atoms with E-state index in [0.29, 0.717) is 11.7 Å². The van der Waals surface area contributed by atoms with Gasteiger partial charge in [0.05, 0.1) is 23.6 Å². The Bertz CT molecular complexity index is 861. The number of rotatable bonds is 4. The number of piperazine rings is 1. The van der Waals surface area contributed by atoms with Crippen LogP contribution in [0.1, 0.15) is 30.5 Å². The van der Waals surface area contributed by atoms with Gasteiger partial charge >= 0.3 is 0 Å². The van der Waals surface area contributed by atoms with Crippen molar-refractivity contribution in [2.45, 2.75) is 26.4 Å². The van der Waals surface area contributed by atoms with E-state index in [2.05, 4.69) is 56.7 Å². The summed E-state index contributed by atoms with van der Waals surface area (Å²) in [5, 5.41) is 3.90. The summed E-state index contributed by atoms with van der Waals surface area (Å²) in [5.74, 6) is 2.53. The van der Waals surface area contributed by atoms with Crippen LogP contribution in [0.5, 0.6) is 0 Å². The smallest absolute Gasteiger partial charge is 0.243 e. The molecule has 0 unspecified atom stereocenters. The van der Waals surface area contributed by atoms with Crippen molar-refractivity contribution in [2.75, 3.05) is 26.2 Å². The lowest BCUT2D eigenvalue weighted by Gasteiger charge is -2.36. The van der Waals surface area contributed by atoms with E-state index in [4.69, 9.17) is 9.51 Å². The highest BCUT2D eigenvalue weighted by Crippen LogP contribution is 2.21. The van der Waals surface area contributed by atoms with Crippen LogP contribution in [0, 0.1) is 6.92 Å². The van der Waals surface area contributed by atoms with Crippen molar-refractivity contribution >= 4 is 11.0 Å². The summed E-state index contributed by atoms with van der Waals surface area (Å²) >= 11 is 0. The highest BCUT2D eigenvalue weighted by Gasteiger charge is 2.26. The Kier molecular flexibility index (Phi) is 4.27. The maximum atomic E-state index is 5.32. The van der Waals surface area contributed by atoms with Gasteiger partial charge in [-0.05, 0) is 26.0 Å². The zero-order chi connectivity index (χ0) is 17.4. The van der Waals surface area contributed by atoms with Crippen LogP contribution < -0.4 is 0 Å². The first-order valence-electron chi connectivity index (χ1n) is 8.79. The molecule has 0 N–H and O–H groups in total. The van der Waals surface area contributed by atoms with E-state index >= 15 is 0 Å². The van der Waals surface area contributed by atoms with Gasteiger partial charge in [0.15, 0.2) is 5.82 Å². The summed E-state index contributed by atoms with van der Waals surface area (Å²) in [7, 11) is 2.10. The zero-order valence-corrected chi connectivity index (χ0v) is 15.0. The fourth-order valence-electron chi connectivity index (χ4n) is 3.48. The molecular weight excluding hydrogens is 316 g/mol. The van der Waals surface area contributed by atoms with Gasteiger partial charge in [-0.15, -0.1) is 0 Å². The Morgan fingerprint density at radius 2 is 1.88 bits per heavy atom. The van der Waals surface area contributed by atoms with Crippen LogP contribution in [-0.2, 0) is 13.6 Å². The summed E-state index contributed by atoms with van der Waals surface area (Å²) in [6.07, 6.45) is 0. The van der Waals surface area contributed by atoms with Crippen LogP contribution in [0.25, 0.3) is 11.0 Å². The minimum atomic E-state index is 0.166. The molecule has 0 bridgehead atoms. The number of imidazole rings is 1. The van der Waals surface area contributed by atoms with Gasteiger partial charge in [0.25, 0.3) is 0 Å². The molecule has 0 radical (unpaired) electrons. The van der Waals surface area contributed by atoms with Crippen molar-refractivity contribution in [1.82, 2.24) is 29.5 Å². The molecule has 4 rings (SSSR count). The fraction of sp³-hybridized carbons (Fsp3) is 0.500. The van der Waals surface area contributed by atoms with Crippen molar-refractivity contribution in [1.29, 1.82) is 0 Å². The number of nitrogens with zero attached hydrogens (tertiary/aromatic N) is 6. The van der Waals surface area contributed by atoms with Gasteiger partial charge in [-0.3, -0.25) is 9.80 Å². The minimum absolute atomic E-state index is 0.166. The monoisotopic (exact) mass is 340 g/mol. The third kappa shape index (κ3) is 3.17. The van der Waals surface area contributed by atoms with Crippen LogP contribution >= 0.6 is 0 Å². The number of para-hydroxylation sites is 2. The van der Waals surface area contributed by atoms with E-state index in [1.165, 1.54) is 5.52 Å². The molecule has 1 saturated heterocycles. The molecule has 1 fully saturated rings. The van der Waals surface area contributed by atoms with Gasteiger partial charge < -0.3 is 9.09 Å². The minimum Gasteiger partial charge on any atom is -0.338 e. The molecule has 25 heavy (non-hydrogen) atoms. The summed E-state index contributed by atoms with van der Waals surface area (Å²) in [6, 6.07) is 8.47. The molecule has 0 amide bonds. The second-order valence-electron chi connectivity index (χ2n) is 6.74. The highest BCUT2D eigenvalue weighted by molar-refractivity contribution is 5.75. The molecular formula is C18H24N6O. The lowest BCUT2D eigenvalue weighted by molar-refractivity contribution is 0.0828. The van der Waals surface area contributed by atoms with Crippen LogP contribution in [-0.4, -0.2) is 55.7 Å². The quantitative estimate of drug-likeness (QED) is 0.725. The number of fused-ring (bicyclic) bond motifs is 1. The number of aryl methyl sites for hydroxylation is 2. The Balaban J connectivity index is 1.39. The van der Waals surface area contributed by atoms with Crippen molar-refractivity contribution in [2.24, 2.45) is 7.05 Å². The molecule has 1 aromatic carbocycles. The Labute approximate surface area is 147 Å². The van der Waals surface area contributed by atoms with Crippen molar-refractivity contribution in [3.63, 3.8) is 0 Å². The number of hydrogen-bond donors (Lipinski definition) is 0. The predicted octanol–water partition coefficient (Wildman–Crippen LogP) is 2.14. The average Bonchev–Trinajstić information content (AvgIpc) is 3.20. The zero-order valence-electron chi connectivity index (χ0n) is 15.0. The molecule has 3 heterocycles. The number of benzene rings is 1. The van der Waals surface area contributed by atoms with Crippen molar-refractivity contribution in [3.8, 4) is 0 Å². The molecule has 132 valence electrons. The van der Waals surface area contributed by atoms with Crippen LogP contribution in [0.3, 0.4) is 0 Å². The van der Waals surface area contributed by atoms with E-state index in [9.17, 15) is 0 Å². The van der Waals surface area contributed by atoms with Crippen molar-refractivity contribution in [3.05, 3.63) is 41.8 Å². The molecule has 7 nitrogen and oxygen atoms in total. The van der Waals surface area contributed by atoms with Crippen molar-refractivity contribution < 1.29 is 4.52 Å².